The molecule has 0 saturated heterocycles. The largest absolute Gasteiger partial charge is 0.360 e. The fraction of sp³-hybridized carbons (Fsp3) is 0.273. The Balaban J connectivity index is 1.62. The Hall–Kier alpha value is -1.97. The number of anilines is 1. The van der Waals surface area contributed by atoms with Gasteiger partial charge in [-0.05, 0) is 58.5 Å². The Bertz CT molecular complexity index is 1110. The van der Waals surface area contributed by atoms with Crippen LogP contribution in [0.3, 0.4) is 0 Å². The average Bonchev–Trinajstić information content (AvgIpc) is 3.15. The maximum absolute atomic E-state index is 12.4. The molecule has 0 spiro atoms. The number of fused-ring (bicyclic) bond motifs is 2. The molecule has 0 saturated carbocycles. The highest BCUT2D eigenvalue weighted by atomic mass is 127. The van der Waals surface area contributed by atoms with E-state index in [1.165, 1.54) is 0 Å². The van der Waals surface area contributed by atoms with Gasteiger partial charge in [0.2, 0.25) is 0 Å². The molecule has 0 bridgehead atoms. The second-order valence-electron chi connectivity index (χ2n) is 8.47. The van der Waals surface area contributed by atoms with Crippen LogP contribution in [0.25, 0.3) is 22.6 Å². The minimum absolute atomic E-state index is 0.0657. The SMILES string of the molecule is C[Si](C)(C)CCOCn1nc(I)c2ccc(C=C3C(=O)Nc4ccccc43)cc21. The lowest BCUT2D eigenvalue weighted by atomic mass is 10.0. The van der Waals surface area contributed by atoms with Crippen molar-refractivity contribution in [2.45, 2.75) is 32.4 Å². The molecule has 0 fully saturated rings. The van der Waals surface area contributed by atoms with E-state index in [9.17, 15) is 4.79 Å². The van der Waals surface area contributed by atoms with E-state index in [2.05, 4.69) is 64.8 Å². The van der Waals surface area contributed by atoms with Crippen molar-refractivity contribution in [1.29, 1.82) is 0 Å². The number of benzene rings is 2. The Morgan fingerprint density at radius 2 is 2.00 bits per heavy atom. The number of carbonyl (C=O) groups is 1. The van der Waals surface area contributed by atoms with Crippen LogP contribution < -0.4 is 5.32 Å². The molecular weight excluding hydrogens is 493 g/mol. The molecule has 1 amide bonds. The lowest BCUT2D eigenvalue weighted by Gasteiger charge is -2.15. The molecule has 1 aliphatic rings. The lowest BCUT2D eigenvalue weighted by Crippen LogP contribution is -2.22. The first-order valence-electron chi connectivity index (χ1n) is 9.68. The minimum Gasteiger partial charge on any atom is -0.360 e. The Morgan fingerprint density at radius 1 is 1.21 bits per heavy atom. The van der Waals surface area contributed by atoms with Crippen LogP contribution in [-0.2, 0) is 16.3 Å². The van der Waals surface area contributed by atoms with E-state index in [0.29, 0.717) is 12.3 Å². The van der Waals surface area contributed by atoms with Gasteiger partial charge >= 0.3 is 0 Å². The number of aromatic nitrogens is 2. The monoisotopic (exact) mass is 517 g/mol. The second kappa shape index (κ2) is 8.04. The topological polar surface area (TPSA) is 56.2 Å². The van der Waals surface area contributed by atoms with E-state index in [-0.39, 0.29) is 5.91 Å². The number of nitrogens with one attached hydrogen (secondary N) is 1. The van der Waals surface area contributed by atoms with Gasteiger partial charge in [-0.3, -0.25) is 4.79 Å². The first-order valence-corrected chi connectivity index (χ1v) is 14.5. The molecule has 4 rings (SSSR count). The molecule has 1 aliphatic heterocycles. The van der Waals surface area contributed by atoms with Crippen molar-refractivity contribution in [2.75, 3.05) is 11.9 Å². The molecule has 0 atom stereocenters. The van der Waals surface area contributed by atoms with E-state index in [1.807, 2.05) is 41.1 Å². The van der Waals surface area contributed by atoms with Crippen molar-refractivity contribution in [3.8, 4) is 0 Å². The summed E-state index contributed by atoms with van der Waals surface area (Å²) in [6, 6.07) is 15.1. The first-order chi connectivity index (χ1) is 13.8. The van der Waals surface area contributed by atoms with E-state index in [4.69, 9.17) is 4.74 Å². The third-order valence-electron chi connectivity index (χ3n) is 4.96. The second-order valence-corrected chi connectivity index (χ2v) is 15.1. The van der Waals surface area contributed by atoms with Gasteiger partial charge in [0.05, 0.1) is 5.52 Å². The maximum atomic E-state index is 12.4. The number of ether oxygens (including phenoxy) is 1. The van der Waals surface area contributed by atoms with Crippen LogP contribution in [-0.4, -0.2) is 30.4 Å². The molecule has 0 unspecified atom stereocenters. The molecule has 1 aromatic heterocycles. The van der Waals surface area contributed by atoms with Gasteiger partial charge in [0.15, 0.2) is 0 Å². The zero-order valence-electron chi connectivity index (χ0n) is 16.8. The number of hydrogen-bond donors (Lipinski definition) is 1. The zero-order valence-corrected chi connectivity index (χ0v) is 20.0. The van der Waals surface area contributed by atoms with E-state index < -0.39 is 8.07 Å². The van der Waals surface area contributed by atoms with Crippen molar-refractivity contribution >= 4 is 64.8 Å². The van der Waals surface area contributed by atoms with Crippen LogP contribution >= 0.6 is 22.6 Å². The fourth-order valence-electron chi connectivity index (χ4n) is 3.32. The van der Waals surface area contributed by atoms with Gasteiger partial charge in [0.1, 0.15) is 10.4 Å². The highest BCUT2D eigenvalue weighted by Gasteiger charge is 2.23. The van der Waals surface area contributed by atoms with E-state index in [0.717, 1.165) is 44.1 Å². The molecule has 29 heavy (non-hydrogen) atoms. The van der Waals surface area contributed by atoms with E-state index in [1.54, 1.807) is 0 Å². The molecule has 3 aromatic rings. The number of carbonyl (C=O) groups excluding carboxylic acids is 1. The highest BCUT2D eigenvalue weighted by molar-refractivity contribution is 14.1. The van der Waals surface area contributed by atoms with Gasteiger partial charge in [-0.25, -0.2) is 4.68 Å². The molecule has 2 heterocycles. The number of amides is 1. The molecule has 150 valence electrons. The summed E-state index contributed by atoms with van der Waals surface area (Å²) in [5.74, 6) is -0.0657. The summed E-state index contributed by atoms with van der Waals surface area (Å²) in [4.78, 5) is 12.4. The molecule has 7 heteroatoms. The Morgan fingerprint density at radius 3 is 2.79 bits per heavy atom. The van der Waals surface area contributed by atoms with Crippen LogP contribution in [0.1, 0.15) is 11.1 Å². The smallest absolute Gasteiger partial charge is 0.256 e. The standard InChI is InChI=1S/C22H24IN3O2Si/c1-29(2,3)11-10-28-14-26-20-13-15(8-9-17(20)21(23)25-26)12-18-16-6-4-5-7-19(16)24-22(18)27/h4-9,12-13H,10-11,14H2,1-3H3,(H,24,27). The number of nitrogens with zero attached hydrogens (tertiary/aromatic N) is 2. The predicted octanol–water partition coefficient (Wildman–Crippen LogP) is 5.45. The van der Waals surface area contributed by atoms with Crippen LogP contribution in [0.5, 0.6) is 0 Å². The van der Waals surface area contributed by atoms with Crippen LogP contribution in [0.2, 0.25) is 25.7 Å². The zero-order chi connectivity index (χ0) is 20.6. The van der Waals surface area contributed by atoms with Gasteiger partial charge in [-0.2, -0.15) is 5.10 Å². The van der Waals surface area contributed by atoms with Crippen molar-refractivity contribution in [2.24, 2.45) is 0 Å². The van der Waals surface area contributed by atoms with Crippen molar-refractivity contribution in [1.82, 2.24) is 9.78 Å². The summed E-state index contributed by atoms with van der Waals surface area (Å²) in [5, 5.41) is 8.66. The fourth-order valence-corrected chi connectivity index (χ4v) is 4.79. The molecule has 0 radical (unpaired) electrons. The summed E-state index contributed by atoms with van der Waals surface area (Å²) in [6.07, 6.45) is 1.94. The van der Waals surface area contributed by atoms with Gasteiger partial charge in [0, 0.05) is 36.9 Å². The summed E-state index contributed by atoms with van der Waals surface area (Å²) in [7, 11) is -1.11. The van der Waals surface area contributed by atoms with Crippen molar-refractivity contribution in [3.63, 3.8) is 0 Å². The van der Waals surface area contributed by atoms with Crippen LogP contribution in [0, 0.1) is 3.70 Å². The minimum atomic E-state index is -1.11. The highest BCUT2D eigenvalue weighted by Crippen LogP contribution is 2.33. The van der Waals surface area contributed by atoms with Gasteiger partial charge in [-0.15, -0.1) is 0 Å². The summed E-state index contributed by atoms with van der Waals surface area (Å²) in [6.45, 7) is 8.24. The Kier molecular flexibility index (Phi) is 5.63. The molecule has 2 aromatic carbocycles. The van der Waals surface area contributed by atoms with E-state index >= 15 is 0 Å². The number of para-hydroxylation sites is 1. The van der Waals surface area contributed by atoms with Crippen molar-refractivity contribution < 1.29 is 9.53 Å². The van der Waals surface area contributed by atoms with Crippen LogP contribution in [0.15, 0.2) is 42.5 Å². The first kappa shape index (κ1) is 20.3. The van der Waals surface area contributed by atoms with Gasteiger partial charge < -0.3 is 10.1 Å². The number of hydrogen-bond acceptors (Lipinski definition) is 3. The summed E-state index contributed by atoms with van der Waals surface area (Å²) < 4.78 is 8.77. The normalized spacial score (nSPS) is 15.2. The predicted molar refractivity (Wildman–Crippen MR) is 129 cm³/mol. The van der Waals surface area contributed by atoms with Gasteiger partial charge in [-0.1, -0.05) is 43.9 Å². The summed E-state index contributed by atoms with van der Waals surface area (Å²) in [5.41, 5.74) is 4.48. The third kappa shape index (κ3) is 4.46. The average molecular weight is 517 g/mol. The number of halogens is 1. The summed E-state index contributed by atoms with van der Waals surface area (Å²) >= 11 is 2.26. The number of rotatable bonds is 6. The molecule has 5 nitrogen and oxygen atoms in total. The molecule has 1 N–H and O–H groups in total. The van der Waals surface area contributed by atoms with Crippen LogP contribution in [0.4, 0.5) is 5.69 Å². The quantitative estimate of drug-likeness (QED) is 0.205. The van der Waals surface area contributed by atoms with Crippen molar-refractivity contribution in [3.05, 3.63) is 57.3 Å². The Labute approximate surface area is 185 Å². The van der Waals surface area contributed by atoms with Gasteiger partial charge in [0.25, 0.3) is 5.91 Å². The third-order valence-corrected chi connectivity index (χ3v) is 7.46. The maximum Gasteiger partial charge on any atom is 0.256 e. The molecular formula is C22H24IN3O2Si. The molecule has 0 aliphatic carbocycles. The lowest BCUT2D eigenvalue weighted by molar-refractivity contribution is -0.110.